The molecule has 0 bridgehead atoms. The van der Waals surface area contributed by atoms with Crippen molar-refractivity contribution >= 4 is 0 Å². The van der Waals surface area contributed by atoms with Crippen LogP contribution in [0.15, 0.2) is 0 Å². The zero-order valence-electron chi connectivity index (χ0n) is 12.2. The highest BCUT2D eigenvalue weighted by Crippen LogP contribution is 2.22. The first kappa shape index (κ1) is 14.3. The van der Waals surface area contributed by atoms with Gasteiger partial charge in [0.2, 0.25) is 0 Å². The fourth-order valence-corrected chi connectivity index (χ4v) is 3.53. The fraction of sp³-hybridized carbons (Fsp3) is 1.00. The van der Waals surface area contributed by atoms with Crippen molar-refractivity contribution in [1.29, 1.82) is 0 Å². The molecule has 0 saturated carbocycles. The summed E-state index contributed by atoms with van der Waals surface area (Å²) in [6.07, 6.45) is 2.46. The zero-order valence-corrected chi connectivity index (χ0v) is 12.2. The molecule has 3 unspecified atom stereocenters. The number of likely N-dealkylation sites (tertiary alicyclic amines) is 1. The van der Waals surface area contributed by atoms with E-state index >= 15 is 0 Å². The van der Waals surface area contributed by atoms with Crippen molar-refractivity contribution in [3.8, 4) is 0 Å². The lowest BCUT2D eigenvalue weighted by Gasteiger charge is -2.38. The minimum Gasteiger partial charge on any atom is -0.380 e. The van der Waals surface area contributed by atoms with Crippen LogP contribution in [-0.4, -0.2) is 74.4 Å². The van der Waals surface area contributed by atoms with Gasteiger partial charge in [0.15, 0.2) is 0 Å². The van der Waals surface area contributed by atoms with Gasteiger partial charge in [0.25, 0.3) is 0 Å². The maximum atomic E-state index is 5.68. The van der Waals surface area contributed by atoms with Gasteiger partial charge in [-0.1, -0.05) is 13.8 Å². The third-order valence-electron chi connectivity index (χ3n) is 4.69. The molecule has 2 heterocycles. The largest absolute Gasteiger partial charge is 0.380 e. The number of rotatable bonds is 5. The minimum atomic E-state index is 0.573. The normalized spacial score (nSPS) is 34.3. The molecule has 106 valence electrons. The molecule has 2 rings (SSSR count). The van der Waals surface area contributed by atoms with Crippen molar-refractivity contribution in [2.75, 3.05) is 46.4 Å². The molecule has 0 radical (unpaired) electrons. The van der Waals surface area contributed by atoms with Gasteiger partial charge in [0, 0.05) is 37.8 Å². The van der Waals surface area contributed by atoms with E-state index in [4.69, 9.17) is 4.74 Å². The van der Waals surface area contributed by atoms with Crippen molar-refractivity contribution in [2.45, 2.75) is 44.8 Å². The number of hydrogen-bond acceptors (Lipinski definition) is 4. The van der Waals surface area contributed by atoms with Gasteiger partial charge < -0.3 is 10.1 Å². The van der Waals surface area contributed by atoms with Gasteiger partial charge in [-0.2, -0.15) is 0 Å². The summed E-state index contributed by atoms with van der Waals surface area (Å²) in [6.45, 7) is 11.1. The van der Waals surface area contributed by atoms with E-state index in [1.807, 2.05) is 0 Å². The summed E-state index contributed by atoms with van der Waals surface area (Å²) >= 11 is 0. The molecule has 18 heavy (non-hydrogen) atoms. The van der Waals surface area contributed by atoms with Crippen LogP contribution in [0.2, 0.25) is 0 Å². The topological polar surface area (TPSA) is 27.7 Å². The molecule has 3 atom stereocenters. The Morgan fingerprint density at radius 1 is 1.28 bits per heavy atom. The first-order valence-electron chi connectivity index (χ1n) is 7.53. The van der Waals surface area contributed by atoms with E-state index in [0.29, 0.717) is 12.1 Å². The Balaban J connectivity index is 1.90. The Morgan fingerprint density at radius 3 is 2.72 bits per heavy atom. The van der Waals surface area contributed by atoms with Crippen LogP contribution in [-0.2, 0) is 4.74 Å². The van der Waals surface area contributed by atoms with Crippen LogP contribution in [0.3, 0.4) is 0 Å². The molecule has 0 aromatic rings. The molecular weight excluding hydrogens is 226 g/mol. The SMILES string of the molecule is CCN(CC)C1CCN(C2COCCC2NC)C1. The van der Waals surface area contributed by atoms with Gasteiger partial charge in [-0.05, 0) is 33.0 Å². The molecule has 2 fully saturated rings. The molecule has 0 aromatic heterocycles. The second-order valence-corrected chi connectivity index (χ2v) is 5.48. The average Bonchev–Trinajstić information content (AvgIpc) is 2.89. The Labute approximate surface area is 112 Å². The molecular formula is C14H29N3O. The van der Waals surface area contributed by atoms with Crippen molar-refractivity contribution < 1.29 is 4.74 Å². The van der Waals surface area contributed by atoms with Crippen LogP contribution < -0.4 is 5.32 Å². The Hall–Kier alpha value is -0.160. The van der Waals surface area contributed by atoms with E-state index in [1.165, 1.54) is 32.6 Å². The number of nitrogens with zero attached hydrogens (tertiary/aromatic N) is 2. The highest BCUT2D eigenvalue weighted by molar-refractivity contribution is 4.92. The first-order chi connectivity index (χ1) is 8.80. The Morgan fingerprint density at radius 2 is 2.06 bits per heavy atom. The van der Waals surface area contributed by atoms with Crippen LogP contribution in [0.25, 0.3) is 0 Å². The number of ether oxygens (including phenoxy) is 1. The lowest BCUT2D eigenvalue weighted by Crippen LogP contribution is -2.54. The Bertz CT molecular complexity index is 245. The second kappa shape index (κ2) is 6.85. The summed E-state index contributed by atoms with van der Waals surface area (Å²) in [5.74, 6) is 0. The molecule has 0 spiro atoms. The molecule has 4 nitrogen and oxygen atoms in total. The first-order valence-corrected chi connectivity index (χ1v) is 7.53. The number of nitrogens with one attached hydrogen (secondary N) is 1. The van der Waals surface area contributed by atoms with Crippen LogP contribution in [0.4, 0.5) is 0 Å². The number of likely N-dealkylation sites (N-methyl/N-ethyl adjacent to an activating group) is 2. The van der Waals surface area contributed by atoms with E-state index in [1.54, 1.807) is 0 Å². The minimum absolute atomic E-state index is 0.573. The van der Waals surface area contributed by atoms with Crippen molar-refractivity contribution in [3.05, 3.63) is 0 Å². The smallest absolute Gasteiger partial charge is 0.0637 e. The summed E-state index contributed by atoms with van der Waals surface area (Å²) in [4.78, 5) is 5.24. The second-order valence-electron chi connectivity index (χ2n) is 5.48. The summed E-state index contributed by atoms with van der Waals surface area (Å²) < 4.78 is 5.68. The summed E-state index contributed by atoms with van der Waals surface area (Å²) in [5, 5.41) is 3.47. The average molecular weight is 255 g/mol. The van der Waals surface area contributed by atoms with Crippen LogP contribution in [0.1, 0.15) is 26.7 Å². The third-order valence-corrected chi connectivity index (χ3v) is 4.69. The van der Waals surface area contributed by atoms with Gasteiger partial charge in [0.05, 0.1) is 6.61 Å². The van der Waals surface area contributed by atoms with Gasteiger partial charge in [0.1, 0.15) is 0 Å². The maximum Gasteiger partial charge on any atom is 0.0637 e. The highest BCUT2D eigenvalue weighted by Gasteiger charge is 2.35. The van der Waals surface area contributed by atoms with Crippen molar-refractivity contribution in [2.24, 2.45) is 0 Å². The molecule has 0 amide bonds. The van der Waals surface area contributed by atoms with Crippen molar-refractivity contribution in [1.82, 2.24) is 15.1 Å². The zero-order chi connectivity index (χ0) is 13.0. The van der Waals surface area contributed by atoms with Crippen LogP contribution in [0.5, 0.6) is 0 Å². The summed E-state index contributed by atoms with van der Waals surface area (Å²) in [5.41, 5.74) is 0. The third kappa shape index (κ3) is 3.05. The fourth-order valence-electron chi connectivity index (χ4n) is 3.53. The molecule has 0 aliphatic carbocycles. The van der Waals surface area contributed by atoms with E-state index in [0.717, 1.165) is 25.7 Å². The lowest BCUT2D eigenvalue weighted by atomic mass is 10.0. The van der Waals surface area contributed by atoms with Gasteiger partial charge in [-0.3, -0.25) is 9.80 Å². The van der Waals surface area contributed by atoms with E-state index in [9.17, 15) is 0 Å². The molecule has 1 N–H and O–H groups in total. The predicted molar refractivity (Wildman–Crippen MR) is 75.0 cm³/mol. The quantitative estimate of drug-likeness (QED) is 0.786. The molecule has 0 aromatic carbocycles. The van der Waals surface area contributed by atoms with E-state index in [2.05, 4.69) is 36.0 Å². The summed E-state index contributed by atoms with van der Waals surface area (Å²) in [6, 6.07) is 1.93. The van der Waals surface area contributed by atoms with Gasteiger partial charge >= 0.3 is 0 Å². The molecule has 2 saturated heterocycles. The van der Waals surface area contributed by atoms with Crippen LogP contribution >= 0.6 is 0 Å². The van der Waals surface area contributed by atoms with Gasteiger partial charge in [-0.25, -0.2) is 0 Å². The molecule has 2 aliphatic rings. The predicted octanol–water partition coefficient (Wildman–Crippen LogP) is 0.779. The summed E-state index contributed by atoms with van der Waals surface area (Å²) in [7, 11) is 2.08. The van der Waals surface area contributed by atoms with Crippen LogP contribution in [0, 0.1) is 0 Å². The highest BCUT2D eigenvalue weighted by atomic mass is 16.5. The van der Waals surface area contributed by atoms with Gasteiger partial charge in [-0.15, -0.1) is 0 Å². The van der Waals surface area contributed by atoms with E-state index in [-0.39, 0.29) is 0 Å². The maximum absolute atomic E-state index is 5.68. The Kier molecular flexibility index (Phi) is 5.42. The monoisotopic (exact) mass is 255 g/mol. The molecule has 2 aliphatic heterocycles. The number of hydrogen-bond donors (Lipinski definition) is 1. The lowest BCUT2D eigenvalue weighted by molar-refractivity contribution is 0.00460. The molecule has 4 heteroatoms. The van der Waals surface area contributed by atoms with Crippen molar-refractivity contribution in [3.63, 3.8) is 0 Å². The van der Waals surface area contributed by atoms with E-state index < -0.39 is 0 Å². The standard InChI is InChI=1S/C14H29N3O/c1-4-16(5-2)12-6-8-17(10-12)14-11-18-9-7-13(14)15-3/h12-15H,4-11H2,1-3H3.